The summed E-state index contributed by atoms with van der Waals surface area (Å²) in [5.41, 5.74) is -0.781. The molecule has 0 saturated heterocycles. The fourth-order valence-electron chi connectivity index (χ4n) is 5.20. The number of nitrogens with zero attached hydrogens (tertiary/aromatic N) is 1. The van der Waals surface area contributed by atoms with Crippen LogP contribution in [0.1, 0.15) is 46.5 Å². The van der Waals surface area contributed by atoms with Crippen molar-refractivity contribution in [2.75, 3.05) is 50.8 Å². The van der Waals surface area contributed by atoms with E-state index in [0.717, 1.165) is 6.07 Å². The summed E-state index contributed by atoms with van der Waals surface area (Å²) in [5.74, 6) is -1.48. The van der Waals surface area contributed by atoms with Crippen LogP contribution in [0.2, 0.25) is 0 Å². The molecule has 1 saturated carbocycles. The van der Waals surface area contributed by atoms with Crippen molar-refractivity contribution in [2.24, 2.45) is 5.41 Å². The zero-order valence-corrected chi connectivity index (χ0v) is 30.1. The normalized spacial score (nSPS) is 13.2. The van der Waals surface area contributed by atoms with Crippen LogP contribution in [0.3, 0.4) is 0 Å². The largest absolute Gasteiger partial charge is 0.493 e. The fraction of sp³-hybridized carbons (Fsp3) is 0.385. The van der Waals surface area contributed by atoms with Crippen LogP contribution in [0, 0.1) is 17.0 Å². The van der Waals surface area contributed by atoms with E-state index in [9.17, 15) is 18.8 Å². The van der Waals surface area contributed by atoms with Gasteiger partial charge in [0.2, 0.25) is 11.8 Å². The predicted octanol–water partition coefficient (Wildman–Crippen LogP) is 7.21. The second kappa shape index (κ2) is 17.5. The van der Waals surface area contributed by atoms with Crippen LogP contribution in [0.15, 0.2) is 66.9 Å². The lowest BCUT2D eigenvalue weighted by atomic mass is 10.0. The lowest BCUT2D eigenvalue weighted by molar-refractivity contribution is -0.156. The van der Waals surface area contributed by atoms with Gasteiger partial charge in [0.25, 0.3) is 0 Å². The molecule has 12 nitrogen and oxygen atoms in total. The molecule has 1 aromatic heterocycles. The summed E-state index contributed by atoms with van der Waals surface area (Å²) in [6.45, 7) is 7.21. The topological polar surface area (TPSA) is 144 Å². The van der Waals surface area contributed by atoms with Gasteiger partial charge in [-0.1, -0.05) is 0 Å². The minimum absolute atomic E-state index is 0.0987. The summed E-state index contributed by atoms with van der Waals surface area (Å²) in [4.78, 5) is 42.1. The van der Waals surface area contributed by atoms with Gasteiger partial charge in [0.15, 0.2) is 23.1 Å². The Bertz CT molecular complexity index is 1910. The number of anilines is 2. The molecule has 0 atom stereocenters. The molecule has 14 heteroatoms. The maximum absolute atomic E-state index is 15.3. The highest BCUT2D eigenvalue weighted by atomic mass is 19.1. The number of hydrogen-bond acceptors (Lipinski definition) is 10. The number of fused-ring (bicyclic) bond motifs is 1. The summed E-state index contributed by atoms with van der Waals surface area (Å²) in [7, 11) is 1.50. The number of ether oxygens (including phenoxy) is 6. The average Bonchev–Trinajstić information content (AvgIpc) is 3.93. The van der Waals surface area contributed by atoms with Gasteiger partial charge in [-0.3, -0.25) is 19.4 Å². The Kier molecular flexibility index (Phi) is 12.8. The molecular formula is C39H43F2N3O9. The summed E-state index contributed by atoms with van der Waals surface area (Å²) in [6.07, 6.45) is 2.95. The summed E-state index contributed by atoms with van der Waals surface area (Å²) >= 11 is 0. The quantitative estimate of drug-likeness (QED) is 0.0612. The van der Waals surface area contributed by atoms with Crippen molar-refractivity contribution in [3.8, 4) is 23.0 Å². The van der Waals surface area contributed by atoms with Crippen molar-refractivity contribution >= 4 is 40.1 Å². The van der Waals surface area contributed by atoms with E-state index in [1.807, 2.05) is 20.8 Å². The number of benzene rings is 3. The van der Waals surface area contributed by atoms with Crippen molar-refractivity contribution in [3.05, 3.63) is 78.5 Å². The maximum atomic E-state index is 15.3. The van der Waals surface area contributed by atoms with Gasteiger partial charge < -0.3 is 39.1 Å². The number of pyridine rings is 1. The second-order valence-electron chi connectivity index (χ2n) is 13.3. The Balaban J connectivity index is 1.10. The third-order valence-electron chi connectivity index (χ3n) is 8.05. The van der Waals surface area contributed by atoms with E-state index >= 15 is 4.39 Å². The van der Waals surface area contributed by atoms with Crippen LogP contribution in [0.25, 0.3) is 10.9 Å². The molecule has 1 aliphatic carbocycles. The summed E-state index contributed by atoms with van der Waals surface area (Å²) < 4.78 is 62.2. The molecule has 0 radical (unpaired) electrons. The van der Waals surface area contributed by atoms with Crippen molar-refractivity contribution in [1.29, 1.82) is 0 Å². The number of carbonyl (C=O) groups excluding carboxylic acids is 3. The Labute approximate surface area is 306 Å². The molecule has 0 spiro atoms. The number of halogens is 2. The minimum atomic E-state index is -1.30. The first kappa shape index (κ1) is 38.9. The van der Waals surface area contributed by atoms with E-state index in [2.05, 4.69) is 15.6 Å². The van der Waals surface area contributed by atoms with Gasteiger partial charge in [-0.15, -0.1) is 0 Å². The monoisotopic (exact) mass is 735 g/mol. The number of esters is 1. The van der Waals surface area contributed by atoms with Crippen LogP contribution < -0.4 is 24.8 Å². The average molecular weight is 736 g/mol. The molecule has 2 amide bonds. The number of nitrogens with one attached hydrogen (secondary N) is 2. The molecule has 0 unspecified atom stereocenters. The number of aromatic nitrogens is 1. The lowest BCUT2D eigenvalue weighted by Gasteiger charge is -2.19. The third-order valence-corrected chi connectivity index (χ3v) is 8.05. The first-order chi connectivity index (χ1) is 25.4. The van der Waals surface area contributed by atoms with E-state index in [1.54, 1.807) is 18.2 Å². The highest BCUT2D eigenvalue weighted by molar-refractivity contribution is 6.16. The Hall–Kier alpha value is -5.34. The molecule has 0 aliphatic heterocycles. The number of amides is 2. The van der Waals surface area contributed by atoms with Crippen LogP contribution in [-0.4, -0.2) is 68.5 Å². The molecule has 1 heterocycles. The Morgan fingerprint density at radius 2 is 1.45 bits per heavy atom. The lowest BCUT2D eigenvalue weighted by Crippen LogP contribution is -2.35. The van der Waals surface area contributed by atoms with Crippen LogP contribution >= 0.6 is 0 Å². The van der Waals surface area contributed by atoms with E-state index in [1.165, 1.54) is 49.7 Å². The van der Waals surface area contributed by atoms with Gasteiger partial charge in [0, 0.05) is 48.1 Å². The van der Waals surface area contributed by atoms with Crippen molar-refractivity contribution in [2.45, 2.75) is 52.1 Å². The van der Waals surface area contributed by atoms with Crippen LogP contribution in [0.5, 0.6) is 23.0 Å². The number of rotatable bonds is 18. The predicted molar refractivity (Wildman–Crippen MR) is 192 cm³/mol. The standard InChI is InChI=1S/C39H43F2N3O9/c1-38(2,3)53-35(45)13-19-50-21-20-49-17-5-18-51-34-24-30-28(23-33(34)48-4)31(12-16-42-30)52-32-11-10-27(22-29(32)41)44-37(47)39(14-15-39)36(46)43-26-8-6-25(40)7-9-26/h6-12,16,22-24H,5,13-15,17-21H2,1-4H3,(H,43,46)(H,44,47). The van der Waals surface area contributed by atoms with Crippen LogP contribution in [-0.2, 0) is 28.6 Å². The maximum Gasteiger partial charge on any atom is 0.308 e. The fourth-order valence-corrected chi connectivity index (χ4v) is 5.20. The second-order valence-corrected chi connectivity index (χ2v) is 13.3. The Morgan fingerprint density at radius 3 is 2.11 bits per heavy atom. The molecule has 1 aliphatic rings. The smallest absolute Gasteiger partial charge is 0.308 e. The van der Waals surface area contributed by atoms with E-state index < -0.39 is 34.5 Å². The van der Waals surface area contributed by atoms with Crippen molar-refractivity contribution in [3.63, 3.8) is 0 Å². The first-order valence-electron chi connectivity index (χ1n) is 17.2. The van der Waals surface area contributed by atoms with Crippen molar-refractivity contribution < 1.29 is 51.6 Å². The molecule has 53 heavy (non-hydrogen) atoms. The highest BCUT2D eigenvalue weighted by Gasteiger charge is 2.56. The first-order valence-corrected chi connectivity index (χ1v) is 17.2. The van der Waals surface area contributed by atoms with Gasteiger partial charge in [0.05, 0.1) is 45.5 Å². The number of carbonyl (C=O) groups is 3. The summed E-state index contributed by atoms with van der Waals surface area (Å²) in [6, 6.07) is 14.2. The van der Waals surface area contributed by atoms with E-state index in [-0.39, 0.29) is 30.4 Å². The van der Waals surface area contributed by atoms with Crippen LogP contribution in [0.4, 0.5) is 20.2 Å². The zero-order chi connectivity index (χ0) is 38.0. The summed E-state index contributed by atoms with van der Waals surface area (Å²) in [5, 5.41) is 5.82. The van der Waals surface area contributed by atoms with E-state index in [0.29, 0.717) is 79.5 Å². The molecular weight excluding hydrogens is 692 g/mol. The highest BCUT2D eigenvalue weighted by Crippen LogP contribution is 2.47. The third kappa shape index (κ3) is 10.8. The zero-order valence-electron chi connectivity index (χ0n) is 30.1. The SMILES string of the molecule is COc1cc2c(Oc3ccc(NC(=O)C4(C(=O)Nc5ccc(F)cc5)CC4)cc3F)ccnc2cc1OCCCOCCOCCC(=O)OC(C)(C)C. The van der Waals surface area contributed by atoms with Gasteiger partial charge in [-0.05, 0) is 82.1 Å². The molecule has 1 fully saturated rings. The Morgan fingerprint density at radius 1 is 0.774 bits per heavy atom. The minimum Gasteiger partial charge on any atom is -0.493 e. The van der Waals surface area contributed by atoms with Gasteiger partial charge in [-0.2, -0.15) is 0 Å². The molecule has 0 bridgehead atoms. The molecule has 3 aromatic carbocycles. The van der Waals surface area contributed by atoms with Gasteiger partial charge in [-0.25, -0.2) is 8.78 Å². The molecule has 5 rings (SSSR count). The molecule has 2 N–H and O–H groups in total. The molecule has 282 valence electrons. The van der Waals surface area contributed by atoms with Gasteiger partial charge in [0.1, 0.15) is 22.6 Å². The van der Waals surface area contributed by atoms with E-state index in [4.69, 9.17) is 28.4 Å². The van der Waals surface area contributed by atoms with Gasteiger partial charge >= 0.3 is 5.97 Å². The number of methoxy groups -OCH3 is 1. The van der Waals surface area contributed by atoms with Crippen molar-refractivity contribution in [1.82, 2.24) is 4.98 Å². The molecule has 4 aromatic rings. The number of hydrogen-bond donors (Lipinski definition) is 2.